The van der Waals surface area contributed by atoms with Crippen molar-refractivity contribution in [3.8, 4) is 0 Å². The average Bonchev–Trinajstić information content (AvgIpc) is 3.17. The summed E-state index contributed by atoms with van der Waals surface area (Å²) in [5.41, 5.74) is 6.11. The minimum absolute atomic E-state index is 0.339. The van der Waals surface area contributed by atoms with Crippen molar-refractivity contribution in [2.24, 2.45) is 0 Å². The number of nitrogens with one attached hydrogen (secondary N) is 1. The number of anilines is 3. The van der Waals surface area contributed by atoms with E-state index in [9.17, 15) is 4.39 Å². The second kappa shape index (κ2) is 4.77. The summed E-state index contributed by atoms with van der Waals surface area (Å²) in [4.78, 5) is 8.58. The second-order valence-corrected chi connectivity index (χ2v) is 5.48. The zero-order valence-corrected chi connectivity index (χ0v) is 11.6. The van der Waals surface area contributed by atoms with Crippen molar-refractivity contribution in [1.29, 1.82) is 0 Å². The number of nitrogens with zero attached hydrogens (tertiary/aromatic N) is 2. The molecule has 2 aromatic rings. The van der Waals surface area contributed by atoms with Crippen molar-refractivity contribution < 1.29 is 4.39 Å². The lowest BCUT2D eigenvalue weighted by atomic mass is 10.3. The van der Waals surface area contributed by atoms with Crippen molar-refractivity contribution in [3.63, 3.8) is 0 Å². The normalized spacial score (nSPS) is 14.4. The van der Waals surface area contributed by atoms with Gasteiger partial charge >= 0.3 is 0 Å². The first-order chi connectivity index (χ1) is 9.11. The Labute approximate surface area is 118 Å². The Kier molecular flexibility index (Phi) is 3.10. The molecule has 1 aromatic carbocycles. The summed E-state index contributed by atoms with van der Waals surface area (Å²) in [6.07, 6.45) is 2.18. The van der Waals surface area contributed by atoms with Crippen LogP contribution in [0.2, 0.25) is 0 Å². The number of halogens is 2. The van der Waals surface area contributed by atoms with E-state index in [-0.39, 0.29) is 5.82 Å². The van der Waals surface area contributed by atoms with Gasteiger partial charge in [-0.05, 0) is 31.0 Å². The molecule has 0 atom stereocenters. The molecule has 1 aromatic heterocycles. The number of rotatable bonds is 3. The highest BCUT2D eigenvalue weighted by Crippen LogP contribution is 2.38. The maximum Gasteiger partial charge on any atom is 0.146 e. The van der Waals surface area contributed by atoms with E-state index in [2.05, 4.69) is 31.2 Å². The predicted octanol–water partition coefficient (Wildman–Crippen LogP) is 3.58. The largest absolute Gasteiger partial charge is 0.384 e. The summed E-state index contributed by atoms with van der Waals surface area (Å²) in [6, 6.07) is 6.29. The van der Waals surface area contributed by atoms with Crippen LogP contribution in [0.4, 0.5) is 21.7 Å². The van der Waals surface area contributed by atoms with Gasteiger partial charge in [0.2, 0.25) is 0 Å². The van der Waals surface area contributed by atoms with Crippen LogP contribution in [-0.4, -0.2) is 9.97 Å². The van der Waals surface area contributed by atoms with Crippen LogP contribution in [0.3, 0.4) is 0 Å². The van der Waals surface area contributed by atoms with Gasteiger partial charge in [-0.2, -0.15) is 0 Å². The molecule has 1 aliphatic carbocycles. The number of hydrogen-bond donors (Lipinski definition) is 2. The second-order valence-electron chi connectivity index (χ2n) is 4.56. The number of nitrogens with two attached hydrogens (primary N) is 1. The zero-order chi connectivity index (χ0) is 13.4. The molecule has 0 unspecified atom stereocenters. The van der Waals surface area contributed by atoms with Gasteiger partial charge in [0.25, 0.3) is 0 Å². The summed E-state index contributed by atoms with van der Waals surface area (Å²) in [7, 11) is 0. The van der Waals surface area contributed by atoms with Gasteiger partial charge in [0.1, 0.15) is 23.3 Å². The number of aromatic nitrogens is 2. The molecular weight excluding hydrogens is 311 g/mol. The highest BCUT2D eigenvalue weighted by molar-refractivity contribution is 9.10. The van der Waals surface area contributed by atoms with Crippen LogP contribution in [0.15, 0.2) is 28.7 Å². The molecule has 3 N–H and O–H groups in total. The van der Waals surface area contributed by atoms with Crippen LogP contribution in [0.25, 0.3) is 0 Å². The Bertz CT molecular complexity index is 628. The topological polar surface area (TPSA) is 63.8 Å². The van der Waals surface area contributed by atoms with Crippen LogP contribution in [0, 0.1) is 5.82 Å². The monoisotopic (exact) mass is 322 g/mol. The third-order valence-corrected chi connectivity index (χ3v) is 3.39. The minimum atomic E-state index is -0.339. The van der Waals surface area contributed by atoms with Crippen molar-refractivity contribution in [2.45, 2.75) is 18.8 Å². The van der Waals surface area contributed by atoms with Gasteiger partial charge in [-0.1, -0.05) is 15.9 Å². The number of nitrogen functional groups attached to an aromatic ring is 1. The van der Waals surface area contributed by atoms with E-state index < -0.39 is 0 Å². The van der Waals surface area contributed by atoms with Crippen molar-refractivity contribution >= 4 is 33.3 Å². The maximum absolute atomic E-state index is 13.7. The molecule has 6 heteroatoms. The van der Waals surface area contributed by atoms with Gasteiger partial charge < -0.3 is 11.1 Å². The Morgan fingerprint density at radius 2 is 2.05 bits per heavy atom. The molecule has 0 amide bonds. The van der Waals surface area contributed by atoms with Crippen LogP contribution < -0.4 is 11.1 Å². The van der Waals surface area contributed by atoms with Gasteiger partial charge in [-0.3, -0.25) is 0 Å². The van der Waals surface area contributed by atoms with Crippen LogP contribution >= 0.6 is 15.9 Å². The van der Waals surface area contributed by atoms with E-state index in [1.54, 1.807) is 18.2 Å². The summed E-state index contributed by atoms with van der Waals surface area (Å²) in [5, 5.41) is 2.94. The Morgan fingerprint density at radius 1 is 1.26 bits per heavy atom. The Hall–Kier alpha value is -1.69. The summed E-state index contributed by atoms with van der Waals surface area (Å²) in [5.74, 6) is 1.71. The van der Waals surface area contributed by atoms with Gasteiger partial charge in [-0.25, -0.2) is 14.4 Å². The molecule has 1 aliphatic rings. The molecule has 1 heterocycles. The first-order valence-electron chi connectivity index (χ1n) is 5.98. The molecule has 0 spiro atoms. The molecule has 0 radical (unpaired) electrons. The van der Waals surface area contributed by atoms with E-state index in [1.807, 2.05) is 0 Å². The maximum atomic E-state index is 13.7. The fraction of sp³-hybridized carbons (Fsp3) is 0.231. The first-order valence-corrected chi connectivity index (χ1v) is 6.77. The van der Waals surface area contributed by atoms with Gasteiger partial charge in [0.05, 0.1) is 5.69 Å². The lowest BCUT2D eigenvalue weighted by Gasteiger charge is -2.09. The van der Waals surface area contributed by atoms with Gasteiger partial charge in [0, 0.05) is 16.5 Å². The molecule has 0 saturated heterocycles. The lowest BCUT2D eigenvalue weighted by Crippen LogP contribution is -2.03. The molecule has 98 valence electrons. The van der Waals surface area contributed by atoms with E-state index in [4.69, 9.17) is 5.73 Å². The number of benzene rings is 1. The highest BCUT2D eigenvalue weighted by atomic mass is 79.9. The van der Waals surface area contributed by atoms with Gasteiger partial charge in [0.15, 0.2) is 0 Å². The van der Waals surface area contributed by atoms with E-state index in [0.717, 1.165) is 23.1 Å². The summed E-state index contributed by atoms with van der Waals surface area (Å²) >= 11 is 3.31. The Morgan fingerprint density at radius 3 is 2.79 bits per heavy atom. The quantitative estimate of drug-likeness (QED) is 0.906. The third-order valence-electron chi connectivity index (χ3n) is 2.90. The fourth-order valence-electron chi connectivity index (χ4n) is 1.80. The molecule has 19 heavy (non-hydrogen) atoms. The molecule has 1 saturated carbocycles. The standard InChI is InChI=1S/C13H12BrFN4/c14-8-3-4-9(15)10(5-8)17-12-6-11(16)18-13(19-12)7-1-2-7/h3-7H,1-2H2,(H3,16,17,18,19). The van der Waals surface area contributed by atoms with Gasteiger partial charge in [-0.15, -0.1) is 0 Å². The average molecular weight is 323 g/mol. The molecule has 1 fully saturated rings. The molecule has 4 nitrogen and oxygen atoms in total. The predicted molar refractivity (Wildman–Crippen MR) is 75.8 cm³/mol. The molecule has 3 rings (SSSR count). The van der Waals surface area contributed by atoms with E-state index in [1.165, 1.54) is 6.07 Å². The van der Waals surface area contributed by atoms with Crippen molar-refractivity contribution in [3.05, 3.63) is 40.4 Å². The summed E-state index contributed by atoms with van der Waals surface area (Å²) < 4.78 is 14.5. The highest BCUT2D eigenvalue weighted by Gasteiger charge is 2.27. The number of hydrogen-bond acceptors (Lipinski definition) is 4. The third kappa shape index (κ3) is 2.84. The molecule has 0 bridgehead atoms. The van der Waals surface area contributed by atoms with E-state index >= 15 is 0 Å². The van der Waals surface area contributed by atoms with Crippen LogP contribution in [-0.2, 0) is 0 Å². The zero-order valence-electron chi connectivity index (χ0n) is 10.0. The molecular formula is C13H12BrFN4. The van der Waals surface area contributed by atoms with E-state index in [0.29, 0.717) is 23.2 Å². The van der Waals surface area contributed by atoms with Crippen LogP contribution in [0.1, 0.15) is 24.6 Å². The lowest BCUT2D eigenvalue weighted by molar-refractivity contribution is 0.631. The minimum Gasteiger partial charge on any atom is -0.384 e. The Balaban J connectivity index is 1.92. The summed E-state index contributed by atoms with van der Waals surface area (Å²) in [6.45, 7) is 0. The SMILES string of the molecule is Nc1cc(Nc2cc(Br)ccc2F)nc(C2CC2)n1. The smallest absolute Gasteiger partial charge is 0.146 e. The van der Waals surface area contributed by atoms with Crippen molar-refractivity contribution in [2.75, 3.05) is 11.1 Å². The fourth-order valence-corrected chi connectivity index (χ4v) is 2.17. The van der Waals surface area contributed by atoms with Crippen molar-refractivity contribution in [1.82, 2.24) is 9.97 Å². The molecule has 0 aliphatic heterocycles. The van der Waals surface area contributed by atoms with Crippen LogP contribution in [0.5, 0.6) is 0 Å². The first kappa shape index (κ1) is 12.3.